The van der Waals surface area contributed by atoms with Crippen LogP contribution in [0.25, 0.3) is 0 Å². The van der Waals surface area contributed by atoms with Gasteiger partial charge in [-0.2, -0.15) is 0 Å². The third-order valence-corrected chi connectivity index (χ3v) is 4.51. The number of carboxylic acid groups (broad SMARTS) is 1. The molecule has 1 aromatic carbocycles. The van der Waals surface area contributed by atoms with E-state index in [1.165, 1.54) is 12.3 Å². The number of carbonyl (C=O) groups excluding carboxylic acids is 1. The van der Waals surface area contributed by atoms with Gasteiger partial charge in [0.15, 0.2) is 0 Å². The van der Waals surface area contributed by atoms with E-state index in [4.69, 9.17) is 9.84 Å². The highest BCUT2D eigenvalue weighted by atomic mass is 16.5. The normalized spacial score (nSPS) is 16.7. The molecule has 0 spiro atoms. The first-order chi connectivity index (χ1) is 12.1. The van der Waals surface area contributed by atoms with Crippen LogP contribution in [0, 0.1) is 0 Å². The number of rotatable bonds is 5. The van der Waals surface area contributed by atoms with Crippen molar-refractivity contribution in [3.05, 3.63) is 59.4 Å². The molecule has 0 radical (unpaired) electrons. The van der Waals surface area contributed by atoms with Crippen LogP contribution in [0.4, 0.5) is 0 Å². The Morgan fingerprint density at radius 2 is 2.12 bits per heavy atom. The Bertz CT molecular complexity index is 790. The predicted molar refractivity (Wildman–Crippen MR) is 92.0 cm³/mol. The van der Waals surface area contributed by atoms with E-state index >= 15 is 0 Å². The number of hydrogen-bond donors (Lipinski definition) is 1. The molecule has 1 atom stereocenters. The van der Waals surface area contributed by atoms with Crippen LogP contribution in [0.2, 0.25) is 0 Å². The summed E-state index contributed by atoms with van der Waals surface area (Å²) in [5.74, 6) is -0.470. The van der Waals surface area contributed by atoms with E-state index in [1.807, 2.05) is 29.2 Å². The van der Waals surface area contributed by atoms with E-state index in [0.717, 1.165) is 24.2 Å². The Labute approximate surface area is 146 Å². The summed E-state index contributed by atoms with van der Waals surface area (Å²) in [4.78, 5) is 29.5. The molecule has 1 unspecified atom stereocenters. The molecule has 6 heteroatoms. The standard InChI is InChI=1S/C19H20N2O4/c1-25-17-7-3-2-5-13(17)11-15-6-4-10-21(15)18(22)14-8-9-20-16(12-14)19(23)24/h2-3,5,7-9,12,15H,4,6,10-11H2,1H3,(H,23,24). The van der Waals surface area contributed by atoms with Crippen LogP contribution < -0.4 is 4.74 Å². The quantitative estimate of drug-likeness (QED) is 0.905. The van der Waals surface area contributed by atoms with Crippen molar-refractivity contribution >= 4 is 11.9 Å². The van der Waals surface area contributed by atoms with Gasteiger partial charge in [-0.15, -0.1) is 0 Å². The third-order valence-electron chi connectivity index (χ3n) is 4.51. The van der Waals surface area contributed by atoms with E-state index in [-0.39, 0.29) is 17.6 Å². The summed E-state index contributed by atoms with van der Waals surface area (Å²) in [6.45, 7) is 0.670. The molecule has 1 amide bonds. The van der Waals surface area contributed by atoms with E-state index in [1.54, 1.807) is 13.2 Å². The van der Waals surface area contributed by atoms with Gasteiger partial charge in [0.2, 0.25) is 0 Å². The maximum absolute atomic E-state index is 12.9. The summed E-state index contributed by atoms with van der Waals surface area (Å²) in [5, 5.41) is 9.06. The maximum atomic E-state index is 12.9. The lowest BCUT2D eigenvalue weighted by molar-refractivity contribution is 0.0690. The molecule has 1 N–H and O–H groups in total. The number of para-hydroxylation sites is 1. The van der Waals surface area contributed by atoms with Gasteiger partial charge in [0, 0.05) is 24.3 Å². The van der Waals surface area contributed by atoms with Crippen LogP contribution in [0.15, 0.2) is 42.6 Å². The van der Waals surface area contributed by atoms with Gasteiger partial charge < -0.3 is 14.7 Å². The molecule has 2 heterocycles. The molecule has 3 rings (SSSR count). The predicted octanol–water partition coefficient (Wildman–Crippen LogP) is 2.64. The van der Waals surface area contributed by atoms with Crippen molar-refractivity contribution < 1.29 is 19.4 Å². The number of nitrogens with zero attached hydrogens (tertiary/aromatic N) is 2. The minimum absolute atomic E-state index is 0.0743. The van der Waals surface area contributed by atoms with E-state index in [0.29, 0.717) is 18.5 Å². The molecule has 1 saturated heterocycles. The molecule has 1 aliphatic rings. The summed E-state index contributed by atoms with van der Waals surface area (Å²) < 4.78 is 5.40. The van der Waals surface area contributed by atoms with Gasteiger partial charge in [-0.05, 0) is 43.0 Å². The molecular weight excluding hydrogens is 320 g/mol. The molecule has 130 valence electrons. The fourth-order valence-electron chi connectivity index (χ4n) is 3.29. The third kappa shape index (κ3) is 3.63. The van der Waals surface area contributed by atoms with Crippen LogP contribution in [0.3, 0.4) is 0 Å². The van der Waals surface area contributed by atoms with Crippen LogP contribution >= 0.6 is 0 Å². The van der Waals surface area contributed by atoms with Gasteiger partial charge in [-0.3, -0.25) is 4.79 Å². The summed E-state index contributed by atoms with van der Waals surface area (Å²) in [6, 6.07) is 10.8. The Balaban J connectivity index is 1.80. The Hall–Kier alpha value is -2.89. The van der Waals surface area contributed by atoms with E-state index in [2.05, 4.69) is 4.98 Å². The van der Waals surface area contributed by atoms with Crippen molar-refractivity contribution in [2.24, 2.45) is 0 Å². The van der Waals surface area contributed by atoms with E-state index in [9.17, 15) is 9.59 Å². The molecular formula is C19H20N2O4. The number of benzene rings is 1. The zero-order valence-corrected chi connectivity index (χ0v) is 14.0. The summed E-state index contributed by atoms with van der Waals surface area (Å²) in [6.07, 6.45) is 3.93. The molecule has 2 aromatic rings. The number of aromatic nitrogens is 1. The second-order valence-electron chi connectivity index (χ2n) is 6.05. The Morgan fingerprint density at radius 3 is 2.88 bits per heavy atom. The molecule has 1 aromatic heterocycles. The topological polar surface area (TPSA) is 79.7 Å². The molecule has 0 bridgehead atoms. The van der Waals surface area contributed by atoms with Crippen molar-refractivity contribution in [1.29, 1.82) is 0 Å². The number of amides is 1. The van der Waals surface area contributed by atoms with E-state index < -0.39 is 5.97 Å². The second kappa shape index (κ2) is 7.34. The Kier molecular flexibility index (Phi) is 4.97. The smallest absolute Gasteiger partial charge is 0.354 e. The minimum atomic E-state index is -1.14. The average molecular weight is 340 g/mol. The lowest BCUT2D eigenvalue weighted by atomic mass is 10.0. The Morgan fingerprint density at radius 1 is 1.32 bits per heavy atom. The number of pyridine rings is 1. The monoisotopic (exact) mass is 340 g/mol. The largest absolute Gasteiger partial charge is 0.496 e. The highest BCUT2D eigenvalue weighted by molar-refractivity contribution is 5.97. The number of carboxylic acids is 1. The molecule has 1 aliphatic heterocycles. The van der Waals surface area contributed by atoms with Crippen LogP contribution in [0.1, 0.15) is 39.3 Å². The van der Waals surface area contributed by atoms with Crippen LogP contribution in [-0.4, -0.2) is 46.6 Å². The van der Waals surface area contributed by atoms with Crippen molar-refractivity contribution in [2.45, 2.75) is 25.3 Å². The summed E-state index contributed by atoms with van der Waals surface area (Å²) >= 11 is 0. The molecule has 25 heavy (non-hydrogen) atoms. The number of ether oxygens (including phenoxy) is 1. The first-order valence-corrected chi connectivity index (χ1v) is 8.22. The van der Waals surface area contributed by atoms with Crippen molar-refractivity contribution in [3.63, 3.8) is 0 Å². The first-order valence-electron chi connectivity index (χ1n) is 8.22. The van der Waals surface area contributed by atoms with Crippen molar-refractivity contribution in [1.82, 2.24) is 9.88 Å². The zero-order valence-electron chi connectivity index (χ0n) is 14.0. The van der Waals surface area contributed by atoms with Crippen LogP contribution in [-0.2, 0) is 6.42 Å². The number of methoxy groups -OCH3 is 1. The second-order valence-corrected chi connectivity index (χ2v) is 6.05. The fourth-order valence-corrected chi connectivity index (χ4v) is 3.29. The van der Waals surface area contributed by atoms with Gasteiger partial charge in [-0.1, -0.05) is 18.2 Å². The highest BCUT2D eigenvalue weighted by Gasteiger charge is 2.30. The average Bonchev–Trinajstić information content (AvgIpc) is 3.09. The molecule has 6 nitrogen and oxygen atoms in total. The molecule has 0 saturated carbocycles. The van der Waals surface area contributed by atoms with Gasteiger partial charge >= 0.3 is 5.97 Å². The zero-order chi connectivity index (χ0) is 17.8. The molecule has 0 aliphatic carbocycles. The van der Waals surface area contributed by atoms with Crippen LogP contribution in [0.5, 0.6) is 5.75 Å². The van der Waals surface area contributed by atoms with Gasteiger partial charge in [0.05, 0.1) is 7.11 Å². The number of carbonyl (C=O) groups is 2. The fraction of sp³-hybridized carbons (Fsp3) is 0.316. The minimum Gasteiger partial charge on any atom is -0.496 e. The lowest BCUT2D eigenvalue weighted by Gasteiger charge is -2.25. The van der Waals surface area contributed by atoms with Crippen molar-refractivity contribution in [2.75, 3.05) is 13.7 Å². The van der Waals surface area contributed by atoms with Gasteiger partial charge in [0.25, 0.3) is 5.91 Å². The van der Waals surface area contributed by atoms with Gasteiger partial charge in [-0.25, -0.2) is 9.78 Å². The lowest BCUT2D eigenvalue weighted by Crippen LogP contribution is -2.37. The SMILES string of the molecule is COc1ccccc1CC1CCCN1C(=O)c1ccnc(C(=O)O)c1. The maximum Gasteiger partial charge on any atom is 0.354 e. The number of aromatic carboxylic acids is 1. The number of likely N-dealkylation sites (tertiary alicyclic amines) is 1. The number of hydrogen-bond acceptors (Lipinski definition) is 4. The van der Waals surface area contributed by atoms with Crippen molar-refractivity contribution in [3.8, 4) is 5.75 Å². The molecule has 1 fully saturated rings. The summed E-state index contributed by atoms with van der Waals surface area (Å²) in [7, 11) is 1.64. The highest BCUT2D eigenvalue weighted by Crippen LogP contribution is 2.27. The first kappa shape index (κ1) is 17.0. The van der Waals surface area contributed by atoms with Gasteiger partial charge in [0.1, 0.15) is 11.4 Å². The summed E-state index contributed by atoms with van der Waals surface area (Å²) in [5.41, 5.74) is 1.31.